The maximum absolute atomic E-state index is 8.45. The third kappa shape index (κ3) is 3.96. The van der Waals surface area contributed by atoms with Crippen LogP contribution in [-0.4, -0.2) is 30.6 Å². The Morgan fingerprint density at radius 1 is 1.53 bits per heavy atom. The molecular weight excluding hydrogens is 190 g/mol. The van der Waals surface area contributed by atoms with E-state index in [0.717, 1.165) is 18.8 Å². The van der Waals surface area contributed by atoms with E-state index < -0.39 is 0 Å². The summed E-state index contributed by atoms with van der Waals surface area (Å²) in [7, 11) is 3.57. The Morgan fingerprint density at radius 3 is 3.00 bits per heavy atom. The molecule has 4 heteroatoms. The number of pyridine rings is 1. The molecule has 4 nitrogen and oxygen atoms in total. The van der Waals surface area contributed by atoms with Gasteiger partial charge in [0.25, 0.3) is 0 Å². The molecule has 0 aliphatic rings. The van der Waals surface area contributed by atoms with Crippen LogP contribution in [0.3, 0.4) is 0 Å². The molecule has 1 heterocycles. The van der Waals surface area contributed by atoms with Crippen molar-refractivity contribution in [1.29, 1.82) is 5.26 Å². The van der Waals surface area contributed by atoms with Crippen LogP contribution in [0.2, 0.25) is 0 Å². The number of rotatable bonds is 5. The van der Waals surface area contributed by atoms with Crippen molar-refractivity contribution < 1.29 is 4.74 Å². The molecule has 0 aromatic carbocycles. The molecule has 15 heavy (non-hydrogen) atoms. The van der Waals surface area contributed by atoms with E-state index in [4.69, 9.17) is 10.00 Å². The van der Waals surface area contributed by atoms with Gasteiger partial charge in [-0.1, -0.05) is 6.07 Å². The van der Waals surface area contributed by atoms with Crippen molar-refractivity contribution >= 4 is 0 Å². The molecule has 0 saturated carbocycles. The molecule has 1 aromatic rings. The van der Waals surface area contributed by atoms with Crippen molar-refractivity contribution in [2.24, 2.45) is 0 Å². The normalized spacial score (nSPS) is 10.0. The zero-order valence-electron chi connectivity index (χ0n) is 9.10. The minimum atomic E-state index is 0.542. The van der Waals surface area contributed by atoms with Crippen molar-refractivity contribution in [2.45, 2.75) is 13.0 Å². The first-order valence-electron chi connectivity index (χ1n) is 4.81. The molecule has 0 bridgehead atoms. The lowest BCUT2D eigenvalue weighted by molar-refractivity contribution is 0.326. The second-order valence-electron chi connectivity index (χ2n) is 3.32. The Balaban J connectivity index is 2.52. The van der Waals surface area contributed by atoms with E-state index in [0.29, 0.717) is 12.3 Å². The highest BCUT2D eigenvalue weighted by atomic mass is 16.5. The molecule has 0 unspecified atom stereocenters. The molecule has 0 amide bonds. The standard InChI is InChI=1S/C11H15N3O/c1-14(8-4-7-12)9-10-5-3-6-11(13-10)15-2/h3,5-6H,4,8-9H2,1-2H3. The summed E-state index contributed by atoms with van der Waals surface area (Å²) in [5.74, 6) is 0.626. The molecule has 0 radical (unpaired) electrons. The van der Waals surface area contributed by atoms with Gasteiger partial charge in [-0.15, -0.1) is 0 Å². The fraction of sp³-hybridized carbons (Fsp3) is 0.455. The van der Waals surface area contributed by atoms with Crippen LogP contribution < -0.4 is 4.74 Å². The summed E-state index contributed by atoms with van der Waals surface area (Å²) in [5.41, 5.74) is 0.954. The number of nitriles is 1. The maximum Gasteiger partial charge on any atom is 0.213 e. The van der Waals surface area contributed by atoms with E-state index >= 15 is 0 Å². The van der Waals surface area contributed by atoms with Gasteiger partial charge in [-0.25, -0.2) is 4.98 Å². The Labute approximate surface area is 90.1 Å². The number of nitrogens with zero attached hydrogens (tertiary/aromatic N) is 3. The zero-order chi connectivity index (χ0) is 11.1. The van der Waals surface area contributed by atoms with Gasteiger partial charge in [-0.3, -0.25) is 4.90 Å². The van der Waals surface area contributed by atoms with Crippen LogP contribution in [0, 0.1) is 11.3 Å². The fourth-order valence-corrected chi connectivity index (χ4v) is 1.26. The van der Waals surface area contributed by atoms with Crippen molar-refractivity contribution in [3.8, 4) is 11.9 Å². The van der Waals surface area contributed by atoms with Crippen LogP contribution in [0.1, 0.15) is 12.1 Å². The maximum atomic E-state index is 8.45. The van der Waals surface area contributed by atoms with E-state index in [1.807, 2.05) is 25.2 Å². The summed E-state index contributed by atoms with van der Waals surface area (Å²) in [6.45, 7) is 1.49. The highest BCUT2D eigenvalue weighted by Crippen LogP contribution is 2.08. The molecule has 0 aliphatic heterocycles. The number of hydrogen-bond donors (Lipinski definition) is 0. The van der Waals surface area contributed by atoms with E-state index in [2.05, 4.69) is 16.0 Å². The minimum Gasteiger partial charge on any atom is -0.481 e. The van der Waals surface area contributed by atoms with Crippen LogP contribution in [-0.2, 0) is 6.54 Å². The average Bonchev–Trinajstić information content (AvgIpc) is 2.26. The summed E-state index contributed by atoms with van der Waals surface area (Å²) in [5, 5.41) is 8.45. The average molecular weight is 205 g/mol. The Bertz CT molecular complexity index is 346. The predicted octanol–water partition coefficient (Wildman–Crippen LogP) is 1.44. The first kappa shape index (κ1) is 11.5. The number of hydrogen-bond acceptors (Lipinski definition) is 4. The lowest BCUT2D eigenvalue weighted by Crippen LogP contribution is -2.19. The minimum absolute atomic E-state index is 0.542. The van der Waals surface area contributed by atoms with Crippen LogP contribution in [0.25, 0.3) is 0 Å². The summed E-state index contributed by atoms with van der Waals surface area (Å²) in [6, 6.07) is 7.80. The molecular formula is C11H15N3O. The monoisotopic (exact) mass is 205 g/mol. The number of ether oxygens (including phenoxy) is 1. The summed E-state index contributed by atoms with van der Waals surface area (Å²) >= 11 is 0. The lowest BCUT2D eigenvalue weighted by Gasteiger charge is -2.14. The van der Waals surface area contributed by atoms with Crippen LogP contribution in [0.4, 0.5) is 0 Å². The van der Waals surface area contributed by atoms with Crippen LogP contribution in [0.5, 0.6) is 5.88 Å². The summed E-state index contributed by atoms with van der Waals surface area (Å²) in [4.78, 5) is 6.35. The van der Waals surface area contributed by atoms with Gasteiger partial charge < -0.3 is 4.74 Å². The second-order valence-corrected chi connectivity index (χ2v) is 3.32. The highest BCUT2D eigenvalue weighted by Gasteiger charge is 2.02. The molecule has 0 fully saturated rings. The third-order valence-corrected chi connectivity index (χ3v) is 2.03. The predicted molar refractivity (Wildman–Crippen MR) is 57.4 cm³/mol. The van der Waals surface area contributed by atoms with Gasteiger partial charge in [0.1, 0.15) is 0 Å². The van der Waals surface area contributed by atoms with E-state index in [1.165, 1.54) is 0 Å². The lowest BCUT2D eigenvalue weighted by atomic mass is 10.3. The van der Waals surface area contributed by atoms with Gasteiger partial charge in [-0.05, 0) is 13.1 Å². The molecule has 1 rings (SSSR count). The Hall–Kier alpha value is -1.60. The van der Waals surface area contributed by atoms with Gasteiger partial charge in [0.2, 0.25) is 5.88 Å². The molecule has 0 spiro atoms. The molecule has 1 aromatic heterocycles. The molecule has 0 saturated heterocycles. The molecule has 0 aliphatic carbocycles. The number of methoxy groups -OCH3 is 1. The zero-order valence-corrected chi connectivity index (χ0v) is 9.10. The van der Waals surface area contributed by atoms with E-state index in [-0.39, 0.29) is 0 Å². The highest BCUT2D eigenvalue weighted by molar-refractivity contribution is 5.15. The largest absolute Gasteiger partial charge is 0.481 e. The van der Waals surface area contributed by atoms with Gasteiger partial charge in [-0.2, -0.15) is 5.26 Å². The molecule has 80 valence electrons. The molecule has 0 N–H and O–H groups in total. The Kier molecular flexibility index (Phi) is 4.58. The SMILES string of the molecule is COc1cccc(CN(C)CCC#N)n1. The van der Waals surface area contributed by atoms with E-state index in [9.17, 15) is 0 Å². The topological polar surface area (TPSA) is 49.1 Å². The van der Waals surface area contributed by atoms with Gasteiger partial charge in [0, 0.05) is 25.6 Å². The van der Waals surface area contributed by atoms with Crippen molar-refractivity contribution in [3.63, 3.8) is 0 Å². The van der Waals surface area contributed by atoms with Gasteiger partial charge in [0.05, 0.1) is 18.9 Å². The van der Waals surface area contributed by atoms with Crippen molar-refractivity contribution in [1.82, 2.24) is 9.88 Å². The van der Waals surface area contributed by atoms with Crippen LogP contribution in [0.15, 0.2) is 18.2 Å². The smallest absolute Gasteiger partial charge is 0.213 e. The van der Waals surface area contributed by atoms with Crippen molar-refractivity contribution in [2.75, 3.05) is 20.7 Å². The van der Waals surface area contributed by atoms with E-state index in [1.54, 1.807) is 7.11 Å². The van der Waals surface area contributed by atoms with Gasteiger partial charge in [0.15, 0.2) is 0 Å². The fourth-order valence-electron chi connectivity index (χ4n) is 1.26. The Morgan fingerprint density at radius 2 is 2.33 bits per heavy atom. The number of aromatic nitrogens is 1. The third-order valence-electron chi connectivity index (χ3n) is 2.03. The molecule has 0 atom stereocenters. The first-order valence-corrected chi connectivity index (χ1v) is 4.81. The second kappa shape index (κ2) is 5.99. The first-order chi connectivity index (χ1) is 7.26. The summed E-state index contributed by atoms with van der Waals surface area (Å²) < 4.78 is 5.04. The summed E-state index contributed by atoms with van der Waals surface area (Å²) in [6.07, 6.45) is 0.542. The quantitative estimate of drug-likeness (QED) is 0.729. The van der Waals surface area contributed by atoms with Gasteiger partial charge >= 0.3 is 0 Å². The van der Waals surface area contributed by atoms with Crippen LogP contribution >= 0.6 is 0 Å². The van der Waals surface area contributed by atoms with Crippen molar-refractivity contribution in [3.05, 3.63) is 23.9 Å².